The fourth-order valence-corrected chi connectivity index (χ4v) is 2.13. The average Bonchev–Trinajstić information content (AvgIpc) is 2.64. The quantitative estimate of drug-likeness (QED) is 0.743. The highest BCUT2D eigenvalue weighted by Gasteiger charge is 2.10. The molecule has 1 aromatic heterocycles. The molecule has 0 aliphatic carbocycles. The van der Waals surface area contributed by atoms with Crippen molar-refractivity contribution < 1.29 is 13.9 Å². The molecule has 2 N–H and O–H groups in total. The molecule has 126 valence electrons. The maximum absolute atomic E-state index is 12.9. The van der Waals surface area contributed by atoms with Crippen molar-refractivity contribution in [3.8, 4) is 5.75 Å². The van der Waals surface area contributed by atoms with Crippen LogP contribution in [0.25, 0.3) is 0 Å². The molecule has 0 atom stereocenters. The van der Waals surface area contributed by atoms with Crippen LogP contribution >= 0.6 is 0 Å². The number of aromatic nitrogens is 2. The van der Waals surface area contributed by atoms with Crippen molar-refractivity contribution in [1.29, 1.82) is 0 Å². The Morgan fingerprint density at radius 1 is 1.04 bits per heavy atom. The van der Waals surface area contributed by atoms with Crippen molar-refractivity contribution in [3.05, 3.63) is 72.4 Å². The minimum atomic E-state index is -0.414. The molecule has 0 radical (unpaired) electrons. The third-order valence-electron chi connectivity index (χ3n) is 3.34. The monoisotopic (exact) mass is 338 g/mol. The Bertz CT molecular complexity index is 884. The molecule has 3 aromatic rings. The number of rotatable bonds is 5. The van der Waals surface area contributed by atoms with Crippen LogP contribution in [0, 0.1) is 5.82 Å². The highest BCUT2D eigenvalue weighted by molar-refractivity contribution is 6.03. The van der Waals surface area contributed by atoms with Crippen molar-refractivity contribution in [2.75, 3.05) is 17.7 Å². The maximum Gasteiger partial charge on any atom is 0.274 e. The first kappa shape index (κ1) is 16.4. The third-order valence-corrected chi connectivity index (χ3v) is 3.34. The van der Waals surface area contributed by atoms with Crippen LogP contribution in [0.2, 0.25) is 0 Å². The van der Waals surface area contributed by atoms with Crippen molar-refractivity contribution >= 4 is 23.1 Å². The van der Waals surface area contributed by atoms with E-state index in [-0.39, 0.29) is 11.5 Å². The smallest absolute Gasteiger partial charge is 0.274 e. The Morgan fingerprint density at radius 3 is 2.60 bits per heavy atom. The fraction of sp³-hybridized carbons (Fsp3) is 0.0556. The lowest BCUT2D eigenvalue weighted by atomic mass is 10.2. The van der Waals surface area contributed by atoms with Crippen molar-refractivity contribution in [2.24, 2.45) is 0 Å². The first-order valence-electron chi connectivity index (χ1n) is 7.44. The molecule has 25 heavy (non-hydrogen) atoms. The van der Waals surface area contributed by atoms with Crippen LogP contribution in [-0.2, 0) is 0 Å². The highest BCUT2D eigenvalue weighted by atomic mass is 19.1. The van der Waals surface area contributed by atoms with Gasteiger partial charge in [-0.2, -0.15) is 0 Å². The van der Waals surface area contributed by atoms with Gasteiger partial charge in [0.15, 0.2) is 0 Å². The Labute approximate surface area is 143 Å². The van der Waals surface area contributed by atoms with E-state index in [1.165, 1.54) is 36.7 Å². The highest BCUT2D eigenvalue weighted by Crippen LogP contribution is 2.20. The van der Waals surface area contributed by atoms with Gasteiger partial charge >= 0.3 is 0 Å². The van der Waals surface area contributed by atoms with Crippen LogP contribution in [0.15, 0.2) is 60.9 Å². The summed E-state index contributed by atoms with van der Waals surface area (Å²) in [4.78, 5) is 20.3. The van der Waals surface area contributed by atoms with Gasteiger partial charge in [0.2, 0.25) is 0 Å². The number of methoxy groups -OCH3 is 1. The number of halogens is 1. The summed E-state index contributed by atoms with van der Waals surface area (Å²) in [6.45, 7) is 0. The molecule has 0 unspecified atom stereocenters. The van der Waals surface area contributed by atoms with Gasteiger partial charge in [0, 0.05) is 23.5 Å². The van der Waals surface area contributed by atoms with Crippen LogP contribution in [0.1, 0.15) is 10.5 Å². The molecular formula is C18H15FN4O2. The number of nitrogens with one attached hydrogen (secondary N) is 2. The van der Waals surface area contributed by atoms with Gasteiger partial charge in [0.1, 0.15) is 29.4 Å². The van der Waals surface area contributed by atoms with Crippen LogP contribution in [-0.4, -0.2) is 23.0 Å². The zero-order valence-electron chi connectivity index (χ0n) is 13.4. The molecule has 0 saturated heterocycles. The standard InChI is InChI=1S/C18H15FN4O2/c1-25-15-4-2-3-14(9-15)22-17-10-16(20-11-21-17)18(24)23-13-7-5-12(19)6-8-13/h2-11H,1H3,(H,23,24)(H,20,21,22). The van der Waals surface area contributed by atoms with Gasteiger partial charge in [-0.3, -0.25) is 4.79 Å². The summed E-state index contributed by atoms with van der Waals surface area (Å²) in [6, 6.07) is 14.3. The fourth-order valence-electron chi connectivity index (χ4n) is 2.13. The molecule has 0 fully saturated rings. The van der Waals surface area contributed by atoms with E-state index in [0.717, 1.165) is 5.69 Å². The lowest BCUT2D eigenvalue weighted by Gasteiger charge is -2.09. The first-order chi connectivity index (χ1) is 12.1. The van der Waals surface area contributed by atoms with E-state index in [1.54, 1.807) is 13.2 Å². The van der Waals surface area contributed by atoms with Gasteiger partial charge in [-0.25, -0.2) is 14.4 Å². The lowest BCUT2D eigenvalue weighted by molar-refractivity contribution is 0.102. The zero-order valence-corrected chi connectivity index (χ0v) is 13.4. The third kappa shape index (κ3) is 4.29. The van der Waals surface area contributed by atoms with E-state index in [1.807, 2.05) is 18.2 Å². The summed E-state index contributed by atoms with van der Waals surface area (Å²) < 4.78 is 18.1. The maximum atomic E-state index is 12.9. The molecule has 1 heterocycles. The number of nitrogens with zero attached hydrogens (tertiary/aromatic N) is 2. The van der Waals surface area contributed by atoms with Crippen molar-refractivity contribution in [2.45, 2.75) is 0 Å². The molecule has 1 amide bonds. The Balaban J connectivity index is 1.74. The molecule has 0 aliphatic heterocycles. The van der Waals surface area contributed by atoms with Gasteiger partial charge in [-0.1, -0.05) is 6.07 Å². The summed E-state index contributed by atoms with van der Waals surface area (Å²) in [7, 11) is 1.59. The number of amides is 1. The van der Waals surface area contributed by atoms with Crippen molar-refractivity contribution in [3.63, 3.8) is 0 Å². The molecule has 6 nitrogen and oxygen atoms in total. The van der Waals surface area contributed by atoms with Gasteiger partial charge < -0.3 is 15.4 Å². The van der Waals surface area contributed by atoms with E-state index >= 15 is 0 Å². The number of anilines is 3. The largest absolute Gasteiger partial charge is 0.497 e. The topological polar surface area (TPSA) is 76.1 Å². The van der Waals surface area contributed by atoms with Crippen molar-refractivity contribution in [1.82, 2.24) is 9.97 Å². The lowest BCUT2D eigenvalue weighted by Crippen LogP contribution is -2.14. The summed E-state index contributed by atoms with van der Waals surface area (Å²) in [5.74, 6) is 0.383. The minimum Gasteiger partial charge on any atom is -0.497 e. The summed E-state index contributed by atoms with van der Waals surface area (Å²) >= 11 is 0. The van der Waals surface area contributed by atoms with Crippen LogP contribution in [0.3, 0.4) is 0 Å². The number of hydrogen-bond acceptors (Lipinski definition) is 5. The van der Waals surface area contributed by atoms with Crippen LogP contribution in [0.4, 0.5) is 21.6 Å². The number of carbonyl (C=O) groups excluding carboxylic acids is 1. The molecular weight excluding hydrogens is 323 g/mol. The molecule has 0 saturated carbocycles. The first-order valence-corrected chi connectivity index (χ1v) is 7.44. The minimum absolute atomic E-state index is 0.185. The molecule has 2 aromatic carbocycles. The normalized spacial score (nSPS) is 10.2. The number of benzene rings is 2. The number of ether oxygens (including phenoxy) is 1. The van der Waals surface area contributed by atoms with Gasteiger partial charge in [-0.15, -0.1) is 0 Å². The summed E-state index contributed by atoms with van der Waals surface area (Å²) in [5, 5.41) is 5.74. The van der Waals surface area contributed by atoms with E-state index in [4.69, 9.17) is 4.74 Å². The van der Waals surface area contributed by atoms with E-state index < -0.39 is 5.91 Å². The molecule has 0 spiro atoms. The Kier molecular flexibility index (Phi) is 4.84. The molecule has 0 bridgehead atoms. The second kappa shape index (κ2) is 7.39. The summed E-state index contributed by atoms with van der Waals surface area (Å²) in [5.41, 5.74) is 1.43. The van der Waals surface area contributed by atoms with Crippen LogP contribution in [0.5, 0.6) is 5.75 Å². The van der Waals surface area contributed by atoms with E-state index in [0.29, 0.717) is 17.3 Å². The van der Waals surface area contributed by atoms with Gasteiger partial charge in [-0.05, 0) is 36.4 Å². The molecule has 3 rings (SSSR count). The Morgan fingerprint density at radius 2 is 1.84 bits per heavy atom. The average molecular weight is 338 g/mol. The van der Waals surface area contributed by atoms with Gasteiger partial charge in [0.05, 0.1) is 7.11 Å². The molecule has 0 aliphatic rings. The molecule has 7 heteroatoms. The second-order valence-electron chi connectivity index (χ2n) is 5.11. The van der Waals surface area contributed by atoms with E-state index in [9.17, 15) is 9.18 Å². The zero-order chi connectivity index (χ0) is 17.6. The predicted molar refractivity (Wildman–Crippen MR) is 92.7 cm³/mol. The second-order valence-corrected chi connectivity index (χ2v) is 5.11. The number of hydrogen-bond donors (Lipinski definition) is 2. The Hall–Kier alpha value is -3.48. The van der Waals surface area contributed by atoms with Gasteiger partial charge in [0.25, 0.3) is 5.91 Å². The summed E-state index contributed by atoms with van der Waals surface area (Å²) in [6.07, 6.45) is 1.29. The number of carbonyl (C=O) groups is 1. The predicted octanol–water partition coefficient (Wildman–Crippen LogP) is 3.62. The van der Waals surface area contributed by atoms with E-state index in [2.05, 4.69) is 20.6 Å². The SMILES string of the molecule is COc1cccc(Nc2cc(C(=O)Nc3ccc(F)cc3)ncn2)c1. The van der Waals surface area contributed by atoms with Crippen LogP contribution < -0.4 is 15.4 Å².